The fourth-order valence-electron chi connectivity index (χ4n) is 0.877. The minimum Gasteiger partial charge on any atom is -0.480 e. The van der Waals surface area contributed by atoms with E-state index in [2.05, 4.69) is 5.32 Å². The van der Waals surface area contributed by atoms with Crippen LogP contribution in [0.2, 0.25) is 0 Å². The van der Waals surface area contributed by atoms with E-state index in [-0.39, 0.29) is 9.88 Å². The van der Waals surface area contributed by atoms with Crippen LogP contribution in [0.3, 0.4) is 0 Å². The number of rotatable bonds is 4. The second kappa shape index (κ2) is 4.71. The molecular weight excluding hydrogens is 236 g/mol. The summed E-state index contributed by atoms with van der Waals surface area (Å²) in [5, 5.41) is 20.9. The summed E-state index contributed by atoms with van der Waals surface area (Å²) in [4.78, 5) is 31.7. The Morgan fingerprint density at radius 2 is 2.19 bits per heavy atom. The van der Waals surface area contributed by atoms with Gasteiger partial charge in [0, 0.05) is 6.07 Å². The van der Waals surface area contributed by atoms with Gasteiger partial charge >= 0.3 is 11.0 Å². The Hall–Kier alpha value is -1.96. The molecule has 0 aromatic carbocycles. The molecule has 0 aliphatic carbocycles. The molecule has 1 rings (SSSR count). The van der Waals surface area contributed by atoms with Crippen LogP contribution in [-0.2, 0) is 4.79 Å². The van der Waals surface area contributed by atoms with E-state index in [0.717, 1.165) is 0 Å². The predicted octanol–water partition coefficient (Wildman–Crippen LogP) is 0.859. The summed E-state index contributed by atoms with van der Waals surface area (Å²) in [7, 11) is 0. The van der Waals surface area contributed by atoms with Gasteiger partial charge in [0.15, 0.2) is 0 Å². The summed E-state index contributed by atoms with van der Waals surface area (Å²) in [5.74, 6) is -1.80. The number of amides is 1. The maximum atomic E-state index is 11.4. The molecule has 86 valence electrons. The van der Waals surface area contributed by atoms with Gasteiger partial charge in [-0.05, 0) is 13.0 Å². The fourth-order valence-corrected chi connectivity index (χ4v) is 1.60. The van der Waals surface area contributed by atoms with E-state index in [0.29, 0.717) is 11.3 Å². The van der Waals surface area contributed by atoms with Gasteiger partial charge in [0.1, 0.15) is 6.04 Å². The lowest BCUT2D eigenvalue weighted by Crippen LogP contribution is -2.37. The largest absolute Gasteiger partial charge is 0.480 e. The Kier molecular flexibility index (Phi) is 3.56. The molecule has 1 aromatic rings. The Balaban J connectivity index is 2.73. The van der Waals surface area contributed by atoms with Crippen molar-refractivity contribution in [1.29, 1.82) is 0 Å². The maximum Gasteiger partial charge on any atom is 0.325 e. The van der Waals surface area contributed by atoms with Crippen LogP contribution in [-0.4, -0.2) is 27.9 Å². The first-order valence-electron chi connectivity index (χ1n) is 4.19. The van der Waals surface area contributed by atoms with E-state index < -0.39 is 22.8 Å². The van der Waals surface area contributed by atoms with Crippen LogP contribution in [0.1, 0.15) is 16.6 Å². The summed E-state index contributed by atoms with van der Waals surface area (Å²) in [6, 6.07) is 1.45. The van der Waals surface area contributed by atoms with Crippen LogP contribution in [0.15, 0.2) is 12.1 Å². The number of nitrogens with one attached hydrogen (secondary N) is 1. The molecule has 0 aliphatic heterocycles. The molecule has 0 saturated heterocycles. The number of thiophene rings is 1. The second-order valence-electron chi connectivity index (χ2n) is 2.93. The third kappa shape index (κ3) is 2.76. The van der Waals surface area contributed by atoms with Crippen LogP contribution in [0, 0.1) is 10.1 Å². The van der Waals surface area contributed by atoms with Crippen LogP contribution in [0.4, 0.5) is 5.00 Å². The average Bonchev–Trinajstić information content (AvgIpc) is 2.65. The molecule has 0 saturated carbocycles. The van der Waals surface area contributed by atoms with Gasteiger partial charge in [-0.25, -0.2) is 0 Å². The Morgan fingerprint density at radius 1 is 1.56 bits per heavy atom. The van der Waals surface area contributed by atoms with Gasteiger partial charge in [-0.3, -0.25) is 19.7 Å². The summed E-state index contributed by atoms with van der Waals surface area (Å²) in [6.45, 7) is 1.31. The Labute approximate surface area is 93.9 Å². The van der Waals surface area contributed by atoms with Crippen LogP contribution in [0.25, 0.3) is 0 Å². The van der Waals surface area contributed by atoms with Crippen molar-refractivity contribution in [1.82, 2.24) is 5.32 Å². The molecule has 0 spiro atoms. The number of carbonyl (C=O) groups is 2. The Morgan fingerprint density at radius 3 is 2.62 bits per heavy atom. The highest BCUT2D eigenvalue weighted by Crippen LogP contribution is 2.23. The molecule has 8 heteroatoms. The van der Waals surface area contributed by atoms with E-state index in [1.807, 2.05) is 0 Å². The smallest absolute Gasteiger partial charge is 0.325 e. The summed E-state index contributed by atoms with van der Waals surface area (Å²) in [5.41, 5.74) is 0. The van der Waals surface area contributed by atoms with Gasteiger partial charge in [0.05, 0.1) is 9.80 Å². The zero-order valence-electron chi connectivity index (χ0n) is 8.17. The molecule has 1 heterocycles. The molecule has 1 atom stereocenters. The van der Waals surface area contributed by atoms with Crippen molar-refractivity contribution in [3.63, 3.8) is 0 Å². The van der Waals surface area contributed by atoms with Crippen molar-refractivity contribution in [3.05, 3.63) is 27.1 Å². The van der Waals surface area contributed by atoms with Crippen molar-refractivity contribution in [3.8, 4) is 0 Å². The fraction of sp³-hybridized carbons (Fsp3) is 0.250. The second-order valence-corrected chi connectivity index (χ2v) is 3.99. The van der Waals surface area contributed by atoms with Crippen molar-refractivity contribution in [2.75, 3.05) is 0 Å². The lowest BCUT2D eigenvalue weighted by molar-refractivity contribution is -0.380. The number of hydrogen-bond acceptors (Lipinski definition) is 5. The van der Waals surface area contributed by atoms with Crippen LogP contribution < -0.4 is 5.32 Å². The van der Waals surface area contributed by atoms with E-state index in [1.54, 1.807) is 0 Å². The van der Waals surface area contributed by atoms with Crippen molar-refractivity contribution >= 4 is 28.2 Å². The first kappa shape index (κ1) is 12.1. The average molecular weight is 244 g/mol. The molecule has 0 aliphatic rings. The highest BCUT2D eigenvalue weighted by atomic mass is 32.1. The monoisotopic (exact) mass is 244 g/mol. The highest BCUT2D eigenvalue weighted by Gasteiger charge is 2.19. The quantitative estimate of drug-likeness (QED) is 0.603. The first-order chi connectivity index (χ1) is 7.41. The SMILES string of the molecule is C[C@@H](NC(=O)c1ccc([N+](=O)[O-])s1)C(=O)O. The number of carbonyl (C=O) groups excluding carboxylic acids is 1. The normalized spacial score (nSPS) is 11.8. The Bertz CT molecular complexity index is 441. The number of aliphatic carboxylic acids is 1. The molecular formula is C8H8N2O5S. The molecule has 1 aromatic heterocycles. The van der Waals surface area contributed by atoms with Gasteiger partial charge < -0.3 is 10.4 Å². The molecule has 2 N–H and O–H groups in total. The van der Waals surface area contributed by atoms with Crippen molar-refractivity contribution in [2.24, 2.45) is 0 Å². The zero-order valence-corrected chi connectivity index (χ0v) is 8.98. The number of carboxylic acid groups (broad SMARTS) is 1. The molecule has 1 amide bonds. The maximum absolute atomic E-state index is 11.4. The number of nitro groups is 1. The van der Waals surface area contributed by atoms with E-state index >= 15 is 0 Å². The standard InChI is InChI=1S/C8H8N2O5S/c1-4(8(12)13)9-7(11)5-2-3-6(16-5)10(14)15/h2-4H,1H3,(H,9,11)(H,12,13)/t4-/m1/s1. The topological polar surface area (TPSA) is 110 Å². The van der Waals surface area contributed by atoms with E-state index in [1.165, 1.54) is 19.1 Å². The number of hydrogen-bond donors (Lipinski definition) is 2. The highest BCUT2D eigenvalue weighted by molar-refractivity contribution is 7.17. The lowest BCUT2D eigenvalue weighted by Gasteiger charge is -2.06. The molecule has 16 heavy (non-hydrogen) atoms. The molecule has 0 unspecified atom stereocenters. The predicted molar refractivity (Wildman–Crippen MR) is 55.5 cm³/mol. The van der Waals surface area contributed by atoms with E-state index in [4.69, 9.17) is 5.11 Å². The number of nitrogens with zero attached hydrogens (tertiary/aromatic N) is 1. The molecule has 0 fully saturated rings. The van der Waals surface area contributed by atoms with Gasteiger partial charge in [-0.2, -0.15) is 0 Å². The summed E-state index contributed by atoms with van der Waals surface area (Å²) >= 11 is 0.699. The zero-order chi connectivity index (χ0) is 12.3. The molecule has 0 bridgehead atoms. The molecule has 7 nitrogen and oxygen atoms in total. The van der Waals surface area contributed by atoms with Gasteiger partial charge in [0.2, 0.25) is 0 Å². The third-order valence-electron chi connectivity index (χ3n) is 1.71. The minimum atomic E-state index is -1.17. The van der Waals surface area contributed by atoms with Crippen molar-refractivity contribution < 1.29 is 19.6 Å². The first-order valence-corrected chi connectivity index (χ1v) is 5.01. The minimum absolute atomic E-state index is 0.111. The third-order valence-corrected chi connectivity index (χ3v) is 2.75. The van der Waals surface area contributed by atoms with Crippen LogP contribution in [0.5, 0.6) is 0 Å². The van der Waals surface area contributed by atoms with Gasteiger partial charge in [0.25, 0.3) is 5.91 Å². The summed E-state index contributed by atoms with van der Waals surface area (Å²) < 4.78 is 0. The van der Waals surface area contributed by atoms with Gasteiger partial charge in [-0.1, -0.05) is 11.3 Å². The van der Waals surface area contributed by atoms with E-state index in [9.17, 15) is 19.7 Å². The van der Waals surface area contributed by atoms with Gasteiger partial charge in [-0.15, -0.1) is 0 Å². The van der Waals surface area contributed by atoms with Crippen LogP contribution >= 0.6 is 11.3 Å². The lowest BCUT2D eigenvalue weighted by atomic mass is 10.3. The number of carboxylic acids is 1. The van der Waals surface area contributed by atoms with Crippen molar-refractivity contribution in [2.45, 2.75) is 13.0 Å². The summed E-state index contributed by atoms with van der Waals surface area (Å²) in [6.07, 6.45) is 0. The molecule has 0 radical (unpaired) electrons.